The molecule has 10 heteroatoms. The number of aliphatic hydroxyl groups excluding tert-OH is 2. The number of phosphoric ester groups is 1. The van der Waals surface area contributed by atoms with E-state index in [-0.39, 0.29) is 18.9 Å². The Morgan fingerprint density at radius 3 is 1.39 bits per heavy atom. The summed E-state index contributed by atoms with van der Waals surface area (Å²) in [5.74, 6) is -0.293. The Morgan fingerprint density at radius 1 is 0.551 bits per heavy atom. The molecular formula is C59H111N2O7P. The number of unbranched alkanes of at least 4 members (excludes halogenated alkanes) is 29. The van der Waals surface area contributed by atoms with Crippen LogP contribution in [0, 0.1) is 0 Å². The number of hydrogen-bond donors (Lipinski definition) is 3. The molecule has 0 saturated carbocycles. The van der Waals surface area contributed by atoms with Gasteiger partial charge in [0, 0.05) is 6.42 Å². The van der Waals surface area contributed by atoms with Crippen molar-refractivity contribution in [2.45, 2.75) is 270 Å². The number of likely N-dealkylation sites (N-methyl/N-ethyl adjacent to an activating group) is 1. The lowest BCUT2D eigenvalue weighted by Gasteiger charge is -2.31. The summed E-state index contributed by atoms with van der Waals surface area (Å²) in [4.78, 5) is 25.5. The SMILES string of the molecule is C/C=C/CC/C=C/CC/C=C/CCCC(O)C(O)C(COP(=O)([O-])OCC[N+](C)(C)C)NC(=O)CCCCCCCCCCCCCCCCCCCCCCC/C=C\C/C=C\CCCCCCC. The molecule has 4 atom stereocenters. The van der Waals surface area contributed by atoms with Crippen LogP contribution < -0.4 is 10.2 Å². The van der Waals surface area contributed by atoms with E-state index in [0.717, 1.165) is 57.8 Å². The summed E-state index contributed by atoms with van der Waals surface area (Å²) in [6.45, 7) is 4.19. The number of rotatable bonds is 52. The molecule has 9 nitrogen and oxygen atoms in total. The van der Waals surface area contributed by atoms with E-state index in [1.807, 2.05) is 28.1 Å². The van der Waals surface area contributed by atoms with Gasteiger partial charge in [-0.25, -0.2) is 0 Å². The smallest absolute Gasteiger partial charge is 0.268 e. The van der Waals surface area contributed by atoms with Gasteiger partial charge >= 0.3 is 0 Å². The van der Waals surface area contributed by atoms with Crippen LogP contribution in [0.15, 0.2) is 60.8 Å². The average Bonchev–Trinajstić information content (AvgIpc) is 3.31. The zero-order chi connectivity index (χ0) is 50.8. The molecule has 0 aromatic carbocycles. The number of carbonyl (C=O) groups is 1. The molecule has 3 N–H and O–H groups in total. The van der Waals surface area contributed by atoms with Crippen LogP contribution in [0.5, 0.6) is 0 Å². The van der Waals surface area contributed by atoms with Crippen molar-refractivity contribution in [2.24, 2.45) is 0 Å². The lowest BCUT2D eigenvalue weighted by atomic mass is 10.0. The van der Waals surface area contributed by atoms with Gasteiger partial charge in [-0.3, -0.25) is 9.36 Å². The molecule has 69 heavy (non-hydrogen) atoms. The minimum absolute atomic E-state index is 0.0508. The van der Waals surface area contributed by atoms with Gasteiger partial charge < -0.3 is 34.0 Å². The highest BCUT2D eigenvalue weighted by Gasteiger charge is 2.29. The first-order chi connectivity index (χ1) is 33.4. The third-order valence-corrected chi connectivity index (χ3v) is 13.8. The number of carbonyl (C=O) groups excluding carboxylic acids is 1. The summed E-state index contributed by atoms with van der Waals surface area (Å²) < 4.78 is 23.2. The van der Waals surface area contributed by atoms with Crippen molar-refractivity contribution in [3.63, 3.8) is 0 Å². The van der Waals surface area contributed by atoms with Gasteiger partial charge in [-0.2, -0.15) is 0 Å². The first-order valence-electron chi connectivity index (χ1n) is 28.7. The molecule has 0 bridgehead atoms. The minimum Gasteiger partial charge on any atom is -0.756 e. The van der Waals surface area contributed by atoms with E-state index in [0.29, 0.717) is 30.3 Å². The van der Waals surface area contributed by atoms with Gasteiger partial charge in [-0.05, 0) is 90.4 Å². The van der Waals surface area contributed by atoms with Crippen molar-refractivity contribution in [3.8, 4) is 0 Å². The number of amides is 1. The van der Waals surface area contributed by atoms with E-state index in [4.69, 9.17) is 9.05 Å². The van der Waals surface area contributed by atoms with Crippen molar-refractivity contribution >= 4 is 13.7 Å². The molecule has 0 aliphatic carbocycles. The summed E-state index contributed by atoms with van der Waals surface area (Å²) in [6, 6.07) is -1.10. The van der Waals surface area contributed by atoms with Gasteiger partial charge in [-0.15, -0.1) is 0 Å². The lowest BCUT2D eigenvalue weighted by Crippen LogP contribution is -2.51. The van der Waals surface area contributed by atoms with Crippen LogP contribution >= 0.6 is 7.82 Å². The number of allylic oxidation sites excluding steroid dienone is 10. The molecule has 0 rings (SSSR count). The van der Waals surface area contributed by atoms with E-state index in [1.54, 1.807) is 0 Å². The normalized spacial score (nSPS) is 14.8. The van der Waals surface area contributed by atoms with Crippen molar-refractivity contribution in [1.82, 2.24) is 5.32 Å². The van der Waals surface area contributed by atoms with Crippen LogP contribution in [0.2, 0.25) is 0 Å². The van der Waals surface area contributed by atoms with Gasteiger partial charge in [0.15, 0.2) is 0 Å². The second-order valence-corrected chi connectivity index (χ2v) is 22.2. The number of nitrogens with zero attached hydrogens (tertiary/aromatic N) is 1. The van der Waals surface area contributed by atoms with Crippen LogP contribution in [0.4, 0.5) is 0 Å². The maximum Gasteiger partial charge on any atom is 0.268 e. The Balaban J connectivity index is 4.08. The largest absolute Gasteiger partial charge is 0.756 e. The standard InChI is InChI=1S/C59H111N2O7P/c1-6-8-10-12-14-16-18-20-21-22-23-24-25-26-27-28-29-30-31-32-33-34-35-36-37-38-39-40-42-44-46-48-50-52-58(63)60-56(55-68-69(65,66)67-54-53-61(3,4)5)59(64)57(62)51-49-47-45-43-41-19-17-15-13-11-9-7-2/h7,9,15,17-18,20,22-23,43,45,56-57,59,62,64H,6,8,10-14,16,19,21,24-42,44,46-55H2,1-5H3,(H-,60,63,65,66)/b9-7+,17-15+,20-18-,23-22-,45-43+. The third-order valence-electron chi connectivity index (χ3n) is 12.9. The average molecular weight is 992 g/mol. The predicted molar refractivity (Wildman–Crippen MR) is 294 cm³/mol. The maximum atomic E-state index is 13.0. The van der Waals surface area contributed by atoms with Crippen LogP contribution in [0.3, 0.4) is 0 Å². The molecule has 0 aromatic rings. The fraction of sp³-hybridized carbons (Fsp3) is 0.814. The number of hydrogen-bond acceptors (Lipinski definition) is 7. The zero-order valence-corrected chi connectivity index (χ0v) is 46.5. The zero-order valence-electron chi connectivity index (χ0n) is 45.6. The lowest BCUT2D eigenvalue weighted by molar-refractivity contribution is -0.870. The van der Waals surface area contributed by atoms with Gasteiger partial charge in [0.1, 0.15) is 19.3 Å². The number of phosphoric acid groups is 1. The highest BCUT2D eigenvalue weighted by molar-refractivity contribution is 7.45. The first kappa shape index (κ1) is 67.2. The van der Waals surface area contributed by atoms with E-state index in [1.165, 1.54) is 154 Å². The van der Waals surface area contributed by atoms with E-state index in [2.05, 4.69) is 73.0 Å². The third kappa shape index (κ3) is 50.9. The molecule has 1 amide bonds. The molecule has 0 aliphatic rings. The molecule has 0 aromatic heterocycles. The van der Waals surface area contributed by atoms with Gasteiger partial charge in [0.25, 0.3) is 7.82 Å². The molecule has 4 unspecified atom stereocenters. The Morgan fingerprint density at radius 2 is 0.942 bits per heavy atom. The number of aliphatic hydroxyl groups is 2. The quantitative estimate of drug-likeness (QED) is 0.0240. The molecule has 404 valence electrons. The second-order valence-electron chi connectivity index (χ2n) is 20.8. The van der Waals surface area contributed by atoms with Crippen LogP contribution in [-0.4, -0.2) is 79.8 Å². The summed E-state index contributed by atoms with van der Waals surface area (Å²) in [7, 11) is 1.09. The summed E-state index contributed by atoms with van der Waals surface area (Å²) >= 11 is 0. The summed E-state index contributed by atoms with van der Waals surface area (Å²) in [5, 5.41) is 24.7. The fourth-order valence-electron chi connectivity index (χ4n) is 8.33. The second kappa shape index (κ2) is 49.7. The van der Waals surface area contributed by atoms with E-state index in [9.17, 15) is 24.5 Å². The molecular weight excluding hydrogens is 880 g/mol. The molecule has 0 fully saturated rings. The topological polar surface area (TPSA) is 128 Å². The first-order valence-corrected chi connectivity index (χ1v) is 30.1. The molecule has 0 spiro atoms. The predicted octanol–water partition coefficient (Wildman–Crippen LogP) is 15.7. The Bertz CT molecular complexity index is 1330. The van der Waals surface area contributed by atoms with Gasteiger partial charge in [0.05, 0.1) is 39.9 Å². The van der Waals surface area contributed by atoms with Crippen LogP contribution in [0.1, 0.15) is 251 Å². The Labute approximate surface area is 426 Å². The van der Waals surface area contributed by atoms with Crippen LogP contribution in [-0.2, 0) is 18.4 Å². The molecule has 0 aliphatic heterocycles. The van der Waals surface area contributed by atoms with Crippen molar-refractivity contribution in [2.75, 3.05) is 40.9 Å². The number of quaternary nitrogens is 1. The summed E-state index contributed by atoms with van der Waals surface area (Å²) in [5.41, 5.74) is 0. The molecule has 0 heterocycles. The fourth-order valence-corrected chi connectivity index (χ4v) is 9.05. The number of nitrogens with one attached hydrogen (secondary N) is 1. The van der Waals surface area contributed by atoms with Crippen molar-refractivity contribution in [1.29, 1.82) is 0 Å². The van der Waals surface area contributed by atoms with Gasteiger partial charge in [-0.1, -0.05) is 215 Å². The minimum atomic E-state index is -4.68. The molecule has 0 saturated heterocycles. The van der Waals surface area contributed by atoms with Crippen LogP contribution in [0.25, 0.3) is 0 Å². The van der Waals surface area contributed by atoms with E-state index >= 15 is 0 Å². The highest BCUT2D eigenvalue weighted by atomic mass is 31.2. The Hall–Kier alpha value is -1.84. The highest BCUT2D eigenvalue weighted by Crippen LogP contribution is 2.38. The van der Waals surface area contributed by atoms with E-state index < -0.39 is 32.7 Å². The molecule has 0 radical (unpaired) electrons. The monoisotopic (exact) mass is 991 g/mol. The van der Waals surface area contributed by atoms with Crippen molar-refractivity contribution in [3.05, 3.63) is 60.8 Å². The van der Waals surface area contributed by atoms with Gasteiger partial charge in [0.2, 0.25) is 5.91 Å². The maximum absolute atomic E-state index is 13.0. The van der Waals surface area contributed by atoms with Crippen molar-refractivity contribution < 1.29 is 38.0 Å². The Kier molecular flexibility index (Phi) is 48.4. The summed E-state index contributed by atoms with van der Waals surface area (Å²) in [6.07, 6.45) is 63.2.